The van der Waals surface area contributed by atoms with Gasteiger partial charge in [-0.1, -0.05) is 29.8 Å². The molecule has 1 atom stereocenters. The van der Waals surface area contributed by atoms with Crippen LogP contribution in [-0.2, 0) is 11.2 Å². The lowest BCUT2D eigenvalue weighted by Crippen LogP contribution is -2.42. The van der Waals surface area contributed by atoms with E-state index in [-0.39, 0.29) is 12.0 Å². The predicted octanol–water partition coefficient (Wildman–Crippen LogP) is 2.70. The van der Waals surface area contributed by atoms with Crippen molar-refractivity contribution in [1.29, 1.82) is 0 Å². The number of carboxylic acids is 1. The van der Waals surface area contributed by atoms with Crippen LogP contribution in [0.2, 0.25) is 0 Å². The second-order valence-electron chi connectivity index (χ2n) is 5.19. The summed E-state index contributed by atoms with van der Waals surface area (Å²) in [5.74, 6) is -4.22. The van der Waals surface area contributed by atoms with E-state index in [0.29, 0.717) is 0 Å². The highest BCUT2D eigenvalue weighted by Crippen LogP contribution is 2.11. The van der Waals surface area contributed by atoms with Gasteiger partial charge in [-0.3, -0.25) is 4.79 Å². The number of carbonyl (C=O) groups is 2. The molecule has 0 bridgehead atoms. The van der Waals surface area contributed by atoms with Crippen LogP contribution in [0.1, 0.15) is 21.5 Å². The van der Waals surface area contributed by atoms with E-state index in [1.54, 1.807) is 12.1 Å². The molecule has 0 fully saturated rings. The summed E-state index contributed by atoms with van der Waals surface area (Å²) in [6.45, 7) is 1.87. The zero-order chi connectivity index (χ0) is 17.0. The van der Waals surface area contributed by atoms with E-state index in [1.165, 1.54) is 0 Å². The van der Waals surface area contributed by atoms with E-state index < -0.39 is 29.6 Å². The Morgan fingerprint density at radius 2 is 1.87 bits per heavy atom. The number of aryl methyl sites for hydroxylation is 1. The molecule has 2 rings (SSSR count). The summed E-state index contributed by atoms with van der Waals surface area (Å²) in [5, 5.41) is 11.6. The molecule has 0 spiro atoms. The number of halogens is 2. The fourth-order valence-corrected chi connectivity index (χ4v) is 2.15. The van der Waals surface area contributed by atoms with Crippen LogP contribution in [0.3, 0.4) is 0 Å². The second-order valence-corrected chi connectivity index (χ2v) is 5.19. The average Bonchev–Trinajstić information content (AvgIpc) is 2.49. The fraction of sp³-hybridized carbons (Fsp3) is 0.176. The molecule has 0 aliphatic rings. The summed E-state index contributed by atoms with van der Waals surface area (Å²) in [6.07, 6.45) is 0.0897. The first-order valence-corrected chi connectivity index (χ1v) is 6.91. The maximum atomic E-state index is 13.2. The van der Waals surface area contributed by atoms with Crippen LogP contribution in [-0.4, -0.2) is 23.0 Å². The number of nitrogens with one attached hydrogen (secondary N) is 1. The van der Waals surface area contributed by atoms with Gasteiger partial charge in [0.15, 0.2) is 11.6 Å². The van der Waals surface area contributed by atoms with E-state index in [2.05, 4.69) is 5.32 Å². The Morgan fingerprint density at radius 1 is 1.13 bits per heavy atom. The number of amides is 1. The van der Waals surface area contributed by atoms with Gasteiger partial charge in [-0.15, -0.1) is 0 Å². The van der Waals surface area contributed by atoms with Crippen molar-refractivity contribution in [3.05, 3.63) is 70.8 Å². The van der Waals surface area contributed by atoms with E-state index in [0.717, 1.165) is 29.3 Å². The van der Waals surface area contributed by atoms with Gasteiger partial charge in [-0.25, -0.2) is 13.6 Å². The molecule has 0 saturated heterocycles. The highest BCUT2D eigenvalue weighted by Gasteiger charge is 2.21. The molecule has 6 heteroatoms. The molecule has 0 saturated carbocycles. The minimum absolute atomic E-state index is 0.0897. The van der Waals surface area contributed by atoms with Crippen molar-refractivity contribution in [3.63, 3.8) is 0 Å². The standard InChI is InChI=1S/C17H15F2NO3/c1-10-3-2-4-11(7-10)8-15(17(22)23)20-16(21)12-5-6-13(18)14(19)9-12/h2-7,9,15H,8H2,1H3,(H,20,21)(H,22,23)/t15-/m0/s1. The monoisotopic (exact) mass is 319 g/mol. The number of aliphatic carboxylic acids is 1. The van der Waals surface area contributed by atoms with E-state index in [9.17, 15) is 23.5 Å². The molecule has 1 amide bonds. The van der Waals surface area contributed by atoms with Crippen molar-refractivity contribution in [2.45, 2.75) is 19.4 Å². The van der Waals surface area contributed by atoms with E-state index >= 15 is 0 Å². The molecular formula is C17H15F2NO3. The summed E-state index contributed by atoms with van der Waals surface area (Å²) < 4.78 is 26.0. The Kier molecular flexibility index (Phi) is 5.05. The van der Waals surface area contributed by atoms with Gasteiger partial charge >= 0.3 is 5.97 Å². The zero-order valence-corrected chi connectivity index (χ0v) is 12.3. The number of rotatable bonds is 5. The van der Waals surface area contributed by atoms with Crippen molar-refractivity contribution >= 4 is 11.9 Å². The molecule has 4 nitrogen and oxygen atoms in total. The molecule has 0 aliphatic carbocycles. The predicted molar refractivity (Wildman–Crippen MR) is 80.1 cm³/mol. The van der Waals surface area contributed by atoms with Crippen LogP contribution in [0.5, 0.6) is 0 Å². The quantitative estimate of drug-likeness (QED) is 0.890. The highest BCUT2D eigenvalue weighted by atomic mass is 19.2. The Balaban J connectivity index is 2.14. The Labute approximate surface area is 131 Å². The van der Waals surface area contributed by atoms with Gasteiger partial charge < -0.3 is 10.4 Å². The Morgan fingerprint density at radius 3 is 2.48 bits per heavy atom. The molecule has 2 aromatic rings. The highest BCUT2D eigenvalue weighted by molar-refractivity contribution is 5.96. The van der Waals surface area contributed by atoms with E-state index in [1.807, 2.05) is 19.1 Å². The smallest absolute Gasteiger partial charge is 0.326 e. The summed E-state index contributed by atoms with van der Waals surface area (Å²) in [6, 6.07) is 8.72. The van der Waals surface area contributed by atoms with Gasteiger partial charge in [0.05, 0.1) is 0 Å². The van der Waals surface area contributed by atoms with Gasteiger partial charge in [-0.05, 0) is 30.7 Å². The minimum Gasteiger partial charge on any atom is -0.480 e. The van der Waals surface area contributed by atoms with Crippen molar-refractivity contribution < 1.29 is 23.5 Å². The lowest BCUT2D eigenvalue weighted by molar-refractivity contribution is -0.139. The Hall–Kier alpha value is -2.76. The molecule has 2 N–H and O–H groups in total. The van der Waals surface area contributed by atoms with Crippen molar-refractivity contribution in [1.82, 2.24) is 5.32 Å². The molecule has 0 heterocycles. The molecule has 0 unspecified atom stereocenters. The number of hydrogen-bond acceptors (Lipinski definition) is 2. The summed E-state index contributed by atoms with van der Waals surface area (Å²) in [4.78, 5) is 23.3. The van der Waals surface area contributed by atoms with E-state index in [4.69, 9.17) is 0 Å². The first-order valence-electron chi connectivity index (χ1n) is 6.91. The summed E-state index contributed by atoms with van der Waals surface area (Å²) in [7, 11) is 0. The largest absolute Gasteiger partial charge is 0.480 e. The third-order valence-electron chi connectivity index (χ3n) is 3.31. The molecule has 120 valence electrons. The Bertz CT molecular complexity index is 746. The molecule has 23 heavy (non-hydrogen) atoms. The minimum atomic E-state index is -1.21. The van der Waals surface area contributed by atoms with Crippen molar-refractivity contribution in [2.24, 2.45) is 0 Å². The maximum absolute atomic E-state index is 13.2. The van der Waals surface area contributed by atoms with Crippen molar-refractivity contribution in [3.8, 4) is 0 Å². The topological polar surface area (TPSA) is 66.4 Å². The lowest BCUT2D eigenvalue weighted by atomic mass is 10.0. The molecule has 0 aliphatic heterocycles. The SMILES string of the molecule is Cc1cccc(C[C@H](NC(=O)c2ccc(F)c(F)c2)C(=O)O)c1. The van der Waals surface area contributed by atoms with Crippen LogP contribution in [0.25, 0.3) is 0 Å². The van der Waals surface area contributed by atoms with Gasteiger partial charge in [0, 0.05) is 12.0 Å². The molecule has 0 radical (unpaired) electrons. The zero-order valence-electron chi connectivity index (χ0n) is 12.3. The van der Waals surface area contributed by atoms with Gasteiger partial charge in [0.25, 0.3) is 5.91 Å². The number of carbonyl (C=O) groups excluding carboxylic acids is 1. The van der Waals surface area contributed by atoms with Crippen LogP contribution in [0.15, 0.2) is 42.5 Å². The number of hydrogen-bond donors (Lipinski definition) is 2. The fourth-order valence-electron chi connectivity index (χ4n) is 2.15. The molecule has 0 aromatic heterocycles. The van der Waals surface area contributed by atoms with Crippen LogP contribution >= 0.6 is 0 Å². The summed E-state index contributed by atoms with van der Waals surface area (Å²) >= 11 is 0. The van der Waals surface area contributed by atoms with Gasteiger partial charge in [0.1, 0.15) is 6.04 Å². The first-order chi connectivity index (χ1) is 10.9. The van der Waals surface area contributed by atoms with Crippen LogP contribution < -0.4 is 5.32 Å². The molecule has 2 aromatic carbocycles. The van der Waals surface area contributed by atoms with Crippen LogP contribution in [0, 0.1) is 18.6 Å². The molecular weight excluding hydrogens is 304 g/mol. The maximum Gasteiger partial charge on any atom is 0.326 e. The lowest BCUT2D eigenvalue weighted by Gasteiger charge is -2.15. The number of benzene rings is 2. The van der Waals surface area contributed by atoms with Gasteiger partial charge in [-0.2, -0.15) is 0 Å². The van der Waals surface area contributed by atoms with Crippen LogP contribution in [0.4, 0.5) is 8.78 Å². The number of carboxylic acid groups (broad SMARTS) is 1. The summed E-state index contributed by atoms with van der Waals surface area (Å²) in [5.41, 5.74) is 1.58. The van der Waals surface area contributed by atoms with Gasteiger partial charge in [0.2, 0.25) is 0 Å². The third kappa shape index (κ3) is 4.35. The normalized spacial score (nSPS) is 11.8. The average molecular weight is 319 g/mol. The third-order valence-corrected chi connectivity index (χ3v) is 3.31. The second kappa shape index (κ2) is 7.00. The van der Waals surface area contributed by atoms with Crippen molar-refractivity contribution in [2.75, 3.05) is 0 Å². The first kappa shape index (κ1) is 16.6.